The van der Waals surface area contributed by atoms with E-state index in [4.69, 9.17) is 17.2 Å². The first kappa shape index (κ1) is 32.4. The number of carbonyl (C=O) groups is 3. The van der Waals surface area contributed by atoms with Gasteiger partial charge < -0.3 is 22.1 Å². The number of primary amides is 1. The molecular formula is C20H27BrCl3N5O3. The maximum Gasteiger partial charge on any atom is 0.244 e. The second kappa shape index (κ2) is 16.0. The van der Waals surface area contributed by atoms with E-state index < -0.39 is 24.4 Å². The summed E-state index contributed by atoms with van der Waals surface area (Å²) < 4.78 is 0.638. The highest BCUT2D eigenvalue weighted by Crippen LogP contribution is 2.27. The Kier molecular flexibility index (Phi) is 16.2. The molecule has 2 amide bonds. The predicted molar refractivity (Wildman–Crippen MR) is 136 cm³/mol. The highest BCUT2D eigenvalue weighted by atomic mass is 79.9. The van der Waals surface area contributed by atoms with Gasteiger partial charge in [-0.15, -0.1) is 37.2 Å². The summed E-state index contributed by atoms with van der Waals surface area (Å²) in [5.74, 6) is -1.59. The van der Waals surface area contributed by atoms with E-state index in [9.17, 15) is 14.4 Å². The molecule has 8 nitrogen and oxygen atoms in total. The zero-order valence-electron chi connectivity index (χ0n) is 17.1. The molecule has 0 aliphatic carbocycles. The number of anilines is 1. The minimum absolute atomic E-state index is 0. The molecule has 1 atom stereocenters. The lowest BCUT2D eigenvalue weighted by Gasteiger charge is -2.26. The van der Waals surface area contributed by atoms with Crippen LogP contribution in [0, 0.1) is 0 Å². The number of ketones is 1. The number of hydrogen-bond acceptors (Lipinski definition) is 6. The van der Waals surface area contributed by atoms with Crippen molar-refractivity contribution >= 4 is 76.4 Å². The van der Waals surface area contributed by atoms with Crippen LogP contribution in [0.4, 0.5) is 5.69 Å². The van der Waals surface area contributed by atoms with Crippen LogP contribution in [0.1, 0.15) is 35.3 Å². The van der Waals surface area contributed by atoms with Crippen molar-refractivity contribution in [1.29, 1.82) is 0 Å². The third kappa shape index (κ3) is 9.01. The number of nitrogens with zero attached hydrogens (tertiary/aromatic N) is 2. The van der Waals surface area contributed by atoms with Gasteiger partial charge in [-0.3, -0.25) is 19.4 Å². The number of halogens is 4. The number of unbranched alkanes of at least 4 members (excludes halogenated alkanes) is 1. The van der Waals surface area contributed by atoms with Gasteiger partial charge in [-0.1, -0.05) is 28.4 Å². The van der Waals surface area contributed by atoms with Crippen LogP contribution in [0.5, 0.6) is 0 Å². The zero-order valence-corrected chi connectivity index (χ0v) is 21.1. The molecule has 0 aliphatic rings. The maximum absolute atomic E-state index is 13.0. The molecule has 2 rings (SSSR count). The Morgan fingerprint density at radius 3 is 2.31 bits per heavy atom. The van der Waals surface area contributed by atoms with Crippen molar-refractivity contribution in [2.24, 2.45) is 17.2 Å². The number of aromatic nitrogens is 1. The smallest absolute Gasteiger partial charge is 0.244 e. The summed E-state index contributed by atoms with van der Waals surface area (Å²) >= 11 is 3.34. The van der Waals surface area contributed by atoms with Gasteiger partial charge in [0, 0.05) is 16.2 Å². The number of rotatable bonds is 10. The van der Waals surface area contributed by atoms with Crippen LogP contribution < -0.4 is 22.1 Å². The van der Waals surface area contributed by atoms with Gasteiger partial charge in [-0.2, -0.15) is 0 Å². The number of amides is 2. The van der Waals surface area contributed by atoms with Gasteiger partial charge in [-0.25, -0.2) is 0 Å². The molecule has 0 unspecified atom stereocenters. The molecule has 32 heavy (non-hydrogen) atoms. The topological polar surface area (TPSA) is 145 Å². The lowest BCUT2D eigenvalue weighted by atomic mass is 10.0. The van der Waals surface area contributed by atoms with E-state index in [1.807, 2.05) is 0 Å². The first-order valence-corrected chi connectivity index (χ1v) is 9.95. The fourth-order valence-electron chi connectivity index (χ4n) is 2.83. The monoisotopic (exact) mass is 569 g/mol. The molecule has 0 bridgehead atoms. The number of nitrogens with two attached hydrogens (primary N) is 3. The zero-order chi connectivity index (χ0) is 21.4. The molecule has 6 N–H and O–H groups in total. The summed E-state index contributed by atoms with van der Waals surface area (Å²) in [6.45, 7) is 0.106. The number of hydrogen-bond donors (Lipinski definition) is 3. The SMILES string of the molecule is Cl.Cl.Cl.NCCCC[C@H](N)C(=O)N(CC(N)=O)c1ccc(Br)cc1C(=O)c1ccccn1. The molecule has 178 valence electrons. The van der Waals surface area contributed by atoms with Gasteiger partial charge in [0.2, 0.25) is 17.6 Å². The Labute approximate surface area is 214 Å². The fraction of sp³-hybridized carbons (Fsp3) is 0.300. The first-order valence-electron chi connectivity index (χ1n) is 9.15. The number of carbonyl (C=O) groups excluding carboxylic acids is 3. The summed E-state index contributed by atoms with van der Waals surface area (Å²) in [6, 6.07) is 8.94. The second-order valence-electron chi connectivity index (χ2n) is 6.49. The van der Waals surface area contributed by atoms with Crippen LogP contribution in [0.25, 0.3) is 0 Å². The Hall–Kier alpha value is -1.75. The normalized spacial score (nSPS) is 10.6. The van der Waals surface area contributed by atoms with E-state index in [2.05, 4.69) is 20.9 Å². The lowest BCUT2D eigenvalue weighted by molar-refractivity contribution is -0.123. The summed E-state index contributed by atoms with van der Waals surface area (Å²) in [6.07, 6.45) is 3.32. The van der Waals surface area contributed by atoms with Crippen molar-refractivity contribution in [3.63, 3.8) is 0 Å². The molecule has 1 aromatic heterocycles. The highest BCUT2D eigenvalue weighted by molar-refractivity contribution is 9.10. The summed E-state index contributed by atoms with van der Waals surface area (Å²) in [5, 5.41) is 0. The lowest BCUT2D eigenvalue weighted by Crippen LogP contribution is -2.47. The fourth-order valence-corrected chi connectivity index (χ4v) is 3.19. The van der Waals surface area contributed by atoms with Crippen LogP contribution in [-0.2, 0) is 9.59 Å². The Morgan fingerprint density at radius 1 is 1.06 bits per heavy atom. The molecule has 0 spiro atoms. The van der Waals surface area contributed by atoms with Gasteiger partial charge in [0.05, 0.1) is 11.7 Å². The van der Waals surface area contributed by atoms with E-state index in [0.717, 1.165) is 11.3 Å². The average molecular weight is 572 g/mol. The van der Waals surface area contributed by atoms with Gasteiger partial charge >= 0.3 is 0 Å². The minimum Gasteiger partial charge on any atom is -0.368 e. The van der Waals surface area contributed by atoms with Crippen LogP contribution in [0.15, 0.2) is 47.1 Å². The highest BCUT2D eigenvalue weighted by Gasteiger charge is 2.28. The Balaban J connectivity index is 0. The number of pyridine rings is 1. The summed E-state index contributed by atoms with van der Waals surface area (Å²) in [4.78, 5) is 42.9. The van der Waals surface area contributed by atoms with Crippen molar-refractivity contribution in [1.82, 2.24) is 4.98 Å². The van der Waals surface area contributed by atoms with E-state index in [0.29, 0.717) is 23.9 Å². The molecule has 0 radical (unpaired) electrons. The predicted octanol–water partition coefficient (Wildman–Crippen LogP) is 2.62. The van der Waals surface area contributed by atoms with Gasteiger partial charge in [0.1, 0.15) is 12.2 Å². The first-order chi connectivity index (χ1) is 13.8. The second-order valence-corrected chi connectivity index (χ2v) is 7.40. The van der Waals surface area contributed by atoms with Crippen molar-refractivity contribution < 1.29 is 14.4 Å². The molecule has 2 aromatic rings. The van der Waals surface area contributed by atoms with E-state index in [-0.39, 0.29) is 59.9 Å². The van der Waals surface area contributed by atoms with Crippen molar-refractivity contribution in [2.45, 2.75) is 25.3 Å². The van der Waals surface area contributed by atoms with E-state index in [1.54, 1.807) is 36.4 Å². The van der Waals surface area contributed by atoms with Crippen LogP contribution in [0.2, 0.25) is 0 Å². The molecule has 0 saturated heterocycles. The van der Waals surface area contributed by atoms with Gasteiger partial charge in [-0.05, 0) is 49.7 Å². The molecular weight excluding hydrogens is 545 g/mol. The maximum atomic E-state index is 13.0. The average Bonchev–Trinajstić information content (AvgIpc) is 2.71. The third-order valence-electron chi connectivity index (χ3n) is 4.26. The minimum atomic E-state index is -0.845. The molecule has 1 heterocycles. The standard InChI is InChI=1S/C20H24BrN5O3.3ClH/c21-13-7-8-17(14(11-13)19(28)16-6-2-4-10-25-16)26(12-18(24)27)20(29)15(23)5-1-3-9-22;;;/h2,4,6-8,10-11,15H,1,3,5,9,12,22-23H2,(H2,24,27);3*1H/t15-;;;/m0.../s1. The molecule has 0 fully saturated rings. The summed E-state index contributed by atoms with van der Waals surface area (Å²) in [7, 11) is 0. The van der Waals surface area contributed by atoms with Crippen LogP contribution in [-0.4, -0.2) is 41.7 Å². The van der Waals surface area contributed by atoms with Crippen LogP contribution >= 0.6 is 53.2 Å². The van der Waals surface area contributed by atoms with Gasteiger partial charge in [0.15, 0.2) is 0 Å². The van der Waals surface area contributed by atoms with Crippen LogP contribution in [0.3, 0.4) is 0 Å². The quantitative estimate of drug-likeness (QED) is 0.295. The van der Waals surface area contributed by atoms with Crippen molar-refractivity contribution in [3.8, 4) is 0 Å². The largest absolute Gasteiger partial charge is 0.368 e. The number of benzene rings is 1. The third-order valence-corrected chi connectivity index (χ3v) is 4.75. The Morgan fingerprint density at radius 2 is 1.75 bits per heavy atom. The van der Waals surface area contributed by atoms with Crippen molar-refractivity contribution in [3.05, 3.63) is 58.3 Å². The Bertz CT molecular complexity index is 890. The summed E-state index contributed by atoms with van der Waals surface area (Å²) in [5.41, 5.74) is 17.6. The van der Waals surface area contributed by atoms with E-state index >= 15 is 0 Å². The molecule has 12 heteroatoms. The molecule has 1 aromatic carbocycles. The van der Waals surface area contributed by atoms with Crippen molar-refractivity contribution in [2.75, 3.05) is 18.0 Å². The molecule has 0 aliphatic heterocycles. The van der Waals surface area contributed by atoms with Gasteiger partial charge in [0.25, 0.3) is 0 Å². The molecule has 0 saturated carbocycles. The van der Waals surface area contributed by atoms with E-state index in [1.165, 1.54) is 6.20 Å².